The van der Waals surface area contributed by atoms with E-state index in [1.54, 1.807) is 4.90 Å². The maximum atomic E-state index is 13.9. The van der Waals surface area contributed by atoms with Crippen molar-refractivity contribution in [2.24, 2.45) is 4.99 Å². The van der Waals surface area contributed by atoms with Crippen molar-refractivity contribution in [2.75, 3.05) is 50.2 Å². The number of carbonyl (C=O) groups is 1. The van der Waals surface area contributed by atoms with Gasteiger partial charge in [0.05, 0.1) is 43.6 Å². The van der Waals surface area contributed by atoms with E-state index >= 15 is 0 Å². The van der Waals surface area contributed by atoms with Crippen LogP contribution in [0, 0.1) is 0 Å². The molecular weight excluding hydrogens is 545 g/mol. The van der Waals surface area contributed by atoms with Gasteiger partial charge in [0.15, 0.2) is 0 Å². The van der Waals surface area contributed by atoms with E-state index in [2.05, 4.69) is 4.90 Å². The topological polar surface area (TPSA) is 57.6 Å². The van der Waals surface area contributed by atoms with E-state index in [0.717, 1.165) is 17.8 Å². The Bertz CT molecular complexity index is 1420. The van der Waals surface area contributed by atoms with Crippen LogP contribution < -0.4 is 14.5 Å². The Labute approximate surface area is 235 Å². The molecule has 0 aromatic heterocycles. The highest BCUT2D eigenvalue weighted by Gasteiger charge is 2.39. The first-order valence-electron chi connectivity index (χ1n) is 12.7. The molecule has 0 bridgehead atoms. The first kappa shape index (κ1) is 27.6. The molecular formula is C29H28ClF3N4O3. The molecule has 1 saturated heterocycles. The third-order valence-corrected chi connectivity index (χ3v) is 7.37. The molecule has 1 fully saturated rings. The van der Waals surface area contributed by atoms with Crippen LogP contribution in [0.4, 0.5) is 30.2 Å². The number of esters is 1. The molecule has 7 nitrogen and oxygen atoms in total. The molecule has 40 heavy (non-hydrogen) atoms. The molecule has 11 heteroatoms. The molecule has 0 aliphatic carbocycles. The molecule has 1 unspecified atom stereocenters. The summed E-state index contributed by atoms with van der Waals surface area (Å²) in [5.41, 5.74) is 1.67. The highest BCUT2D eigenvalue weighted by Crippen LogP contribution is 2.45. The van der Waals surface area contributed by atoms with Crippen molar-refractivity contribution >= 4 is 40.6 Å². The van der Waals surface area contributed by atoms with Crippen LogP contribution in [-0.4, -0.2) is 57.2 Å². The smallest absolute Gasteiger partial charge is 0.416 e. The fourth-order valence-electron chi connectivity index (χ4n) is 5.14. The Morgan fingerprint density at radius 2 is 1.70 bits per heavy atom. The lowest BCUT2D eigenvalue weighted by Crippen LogP contribution is -2.55. The molecule has 5 rings (SSSR count). The maximum absolute atomic E-state index is 13.9. The number of alkyl halides is 3. The minimum atomic E-state index is -4.58. The fraction of sp³-hybridized carbons (Fsp3) is 0.310. The lowest BCUT2D eigenvalue weighted by Gasteiger charge is -2.45. The number of aliphatic imine (C=N–C) groups is 1. The molecule has 0 saturated carbocycles. The third kappa shape index (κ3) is 5.54. The van der Waals surface area contributed by atoms with Crippen molar-refractivity contribution in [2.45, 2.75) is 18.6 Å². The molecule has 0 spiro atoms. The number of piperazine rings is 1. The van der Waals surface area contributed by atoms with Gasteiger partial charge in [0.2, 0.25) is 5.96 Å². The summed E-state index contributed by atoms with van der Waals surface area (Å²) in [6, 6.07) is 17.6. The van der Waals surface area contributed by atoms with Gasteiger partial charge >= 0.3 is 12.1 Å². The van der Waals surface area contributed by atoms with Crippen LogP contribution in [0.5, 0.6) is 5.75 Å². The molecule has 3 aromatic rings. The number of carbonyl (C=O) groups excluding carboxylic acids is 1. The van der Waals surface area contributed by atoms with Crippen LogP contribution in [0.1, 0.15) is 23.6 Å². The Kier molecular flexibility index (Phi) is 7.80. The van der Waals surface area contributed by atoms with E-state index in [-0.39, 0.29) is 17.9 Å². The van der Waals surface area contributed by atoms with Crippen molar-refractivity contribution in [3.05, 3.63) is 82.9 Å². The van der Waals surface area contributed by atoms with Crippen molar-refractivity contribution in [1.29, 1.82) is 0 Å². The molecule has 3 aromatic carbocycles. The molecule has 210 valence electrons. The van der Waals surface area contributed by atoms with Crippen LogP contribution in [0.15, 0.2) is 71.7 Å². The first-order valence-corrected chi connectivity index (χ1v) is 13.1. The number of guanidine groups is 1. The maximum Gasteiger partial charge on any atom is 0.416 e. The Hall–Kier alpha value is -3.92. The average Bonchev–Trinajstić information content (AvgIpc) is 2.96. The summed E-state index contributed by atoms with van der Waals surface area (Å²) < 4.78 is 52.1. The zero-order valence-corrected chi connectivity index (χ0v) is 22.7. The summed E-state index contributed by atoms with van der Waals surface area (Å²) in [5.74, 6) is 0.172. The number of para-hydroxylation sites is 1. The van der Waals surface area contributed by atoms with Crippen molar-refractivity contribution < 1.29 is 27.4 Å². The molecule has 0 radical (unpaired) electrons. The number of fused-ring (bicyclic) bond motifs is 1. The summed E-state index contributed by atoms with van der Waals surface area (Å²) in [6.45, 7) is 2.35. The zero-order chi connectivity index (χ0) is 28.4. The molecule has 2 aliphatic rings. The van der Waals surface area contributed by atoms with Gasteiger partial charge in [-0.15, -0.1) is 0 Å². The van der Waals surface area contributed by atoms with Crippen molar-refractivity contribution in [3.8, 4) is 5.75 Å². The van der Waals surface area contributed by atoms with E-state index in [0.29, 0.717) is 48.4 Å². The summed E-state index contributed by atoms with van der Waals surface area (Å²) in [4.78, 5) is 23.5. The predicted molar refractivity (Wildman–Crippen MR) is 149 cm³/mol. The number of methoxy groups -OCH3 is 2. The monoisotopic (exact) mass is 572 g/mol. The molecule has 0 N–H and O–H groups in total. The second-order valence-corrected chi connectivity index (χ2v) is 9.91. The van der Waals surface area contributed by atoms with Crippen molar-refractivity contribution in [1.82, 2.24) is 4.90 Å². The summed E-state index contributed by atoms with van der Waals surface area (Å²) in [7, 11) is 2.69. The third-order valence-electron chi connectivity index (χ3n) is 7.13. The molecule has 0 amide bonds. The molecule has 2 heterocycles. The Balaban J connectivity index is 1.60. The van der Waals surface area contributed by atoms with Gasteiger partial charge in [0.1, 0.15) is 5.75 Å². The van der Waals surface area contributed by atoms with E-state index in [1.807, 2.05) is 53.4 Å². The number of anilines is 2. The van der Waals surface area contributed by atoms with Gasteiger partial charge in [0.25, 0.3) is 0 Å². The molecule has 1 atom stereocenters. The Morgan fingerprint density at radius 3 is 2.38 bits per heavy atom. The zero-order valence-electron chi connectivity index (χ0n) is 22.0. The van der Waals surface area contributed by atoms with E-state index < -0.39 is 23.8 Å². The number of benzene rings is 3. The quantitative estimate of drug-likeness (QED) is 0.334. The number of rotatable bonds is 5. The van der Waals surface area contributed by atoms with E-state index in [4.69, 9.17) is 26.1 Å². The largest absolute Gasteiger partial charge is 0.495 e. The van der Waals surface area contributed by atoms with Gasteiger partial charge in [-0.1, -0.05) is 35.9 Å². The first-order chi connectivity index (χ1) is 19.2. The van der Waals surface area contributed by atoms with Crippen molar-refractivity contribution in [3.63, 3.8) is 0 Å². The van der Waals surface area contributed by atoms with Gasteiger partial charge in [-0.2, -0.15) is 13.2 Å². The highest BCUT2D eigenvalue weighted by atomic mass is 35.5. The van der Waals surface area contributed by atoms with Gasteiger partial charge in [0, 0.05) is 42.5 Å². The standard InChI is InChI=1S/C29H28ClF3N4O3/c1-39-26-11-10-19(29(31,32)33)16-25(26)37-24(18-27(38)40-2)22-8-3-4-9-23(22)34-28(37)36-14-12-35(13-15-36)21-7-5-6-20(30)17-21/h3-11,16-17,24H,12-15,18H2,1-2H3. The minimum absolute atomic E-state index is 0.103. The van der Waals surface area contributed by atoms with Crippen LogP contribution in [0.2, 0.25) is 5.02 Å². The van der Waals surface area contributed by atoms with Gasteiger partial charge in [-0.05, 0) is 42.5 Å². The van der Waals surface area contributed by atoms with Gasteiger partial charge in [-0.3, -0.25) is 4.79 Å². The van der Waals surface area contributed by atoms with Crippen LogP contribution >= 0.6 is 11.6 Å². The summed E-state index contributed by atoms with van der Waals surface area (Å²) in [6.07, 6.45) is -4.68. The van der Waals surface area contributed by atoms with Crippen LogP contribution in [0.3, 0.4) is 0 Å². The highest BCUT2D eigenvalue weighted by molar-refractivity contribution is 6.30. The number of hydrogen-bond acceptors (Lipinski definition) is 7. The number of nitrogens with zero attached hydrogens (tertiary/aromatic N) is 4. The Morgan fingerprint density at radius 1 is 0.975 bits per heavy atom. The number of halogens is 4. The van der Waals surface area contributed by atoms with Gasteiger partial charge < -0.3 is 24.2 Å². The second kappa shape index (κ2) is 11.3. The predicted octanol–water partition coefficient (Wildman–Crippen LogP) is 6.30. The SMILES string of the molecule is COC(=O)CC1c2ccccc2N=C(N2CCN(c3cccc(Cl)c3)CC2)N1c1cc(C(F)(F)F)ccc1OC. The van der Waals surface area contributed by atoms with E-state index in [9.17, 15) is 18.0 Å². The summed E-state index contributed by atoms with van der Waals surface area (Å²) in [5, 5.41) is 0.640. The molecule has 2 aliphatic heterocycles. The van der Waals surface area contributed by atoms with Gasteiger partial charge in [-0.25, -0.2) is 4.99 Å². The summed E-state index contributed by atoms with van der Waals surface area (Å²) >= 11 is 6.20. The lowest BCUT2D eigenvalue weighted by atomic mass is 9.97. The van der Waals surface area contributed by atoms with Crippen LogP contribution in [-0.2, 0) is 15.7 Å². The van der Waals surface area contributed by atoms with E-state index in [1.165, 1.54) is 20.3 Å². The second-order valence-electron chi connectivity index (χ2n) is 9.48. The average molecular weight is 573 g/mol. The minimum Gasteiger partial charge on any atom is -0.495 e. The lowest BCUT2D eigenvalue weighted by molar-refractivity contribution is -0.141. The number of hydrogen-bond donors (Lipinski definition) is 0. The normalized spacial score (nSPS) is 17.3. The van der Waals surface area contributed by atoms with Crippen LogP contribution in [0.25, 0.3) is 0 Å². The number of ether oxygens (including phenoxy) is 2. The fourth-order valence-corrected chi connectivity index (χ4v) is 5.33.